The van der Waals surface area contributed by atoms with E-state index in [9.17, 15) is 13.2 Å². The molecule has 0 bridgehead atoms. The number of aromatic amines is 1. The van der Waals surface area contributed by atoms with Crippen molar-refractivity contribution in [3.8, 4) is 0 Å². The lowest BCUT2D eigenvalue weighted by Crippen LogP contribution is -2.22. The molecule has 1 aromatic carbocycles. The van der Waals surface area contributed by atoms with Gasteiger partial charge in [-0.15, -0.1) is 0 Å². The second-order valence-corrected chi connectivity index (χ2v) is 6.43. The Bertz CT molecular complexity index is 765. The summed E-state index contributed by atoms with van der Waals surface area (Å²) in [6, 6.07) is 6.70. The summed E-state index contributed by atoms with van der Waals surface area (Å²) in [5.74, 6) is 0. The maximum Gasteiger partial charge on any atom is 0.256 e. The first-order valence-electron chi connectivity index (χ1n) is 4.99. The van der Waals surface area contributed by atoms with Gasteiger partial charge >= 0.3 is 0 Å². The van der Waals surface area contributed by atoms with E-state index in [0.29, 0.717) is 10.9 Å². The summed E-state index contributed by atoms with van der Waals surface area (Å²) in [6.45, 7) is 0. The number of halogens is 1. The highest BCUT2D eigenvalue weighted by molar-refractivity contribution is 7.89. The van der Waals surface area contributed by atoms with Gasteiger partial charge in [0.25, 0.3) is 5.56 Å². The predicted octanol–water partition coefficient (Wildman–Crippen LogP) is 1.23. The van der Waals surface area contributed by atoms with Gasteiger partial charge in [-0.1, -0.05) is 11.6 Å². The Balaban J connectivity index is 2.79. The van der Waals surface area contributed by atoms with Crippen molar-refractivity contribution in [3.05, 3.63) is 39.6 Å². The van der Waals surface area contributed by atoms with Gasteiger partial charge in [0.2, 0.25) is 10.0 Å². The quantitative estimate of drug-likeness (QED) is 0.902. The number of nitrogens with one attached hydrogen (secondary N) is 1. The van der Waals surface area contributed by atoms with Crippen LogP contribution in [0.4, 0.5) is 0 Å². The van der Waals surface area contributed by atoms with Crippen LogP contribution >= 0.6 is 11.6 Å². The SMILES string of the molecule is CN(C)S(=O)(=O)c1cc2c[c]c(=O)[nH]c2cc1Cl. The Labute approximate surface area is 109 Å². The zero-order valence-corrected chi connectivity index (χ0v) is 11.3. The van der Waals surface area contributed by atoms with Crippen molar-refractivity contribution in [1.29, 1.82) is 0 Å². The molecule has 0 aliphatic rings. The number of fused-ring (bicyclic) bond motifs is 1. The van der Waals surface area contributed by atoms with Gasteiger partial charge in [0.1, 0.15) is 4.90 Å². The van der Waals surface area contributed by atoms with E-state index in [1.54, 1.807) is 0 Å². The molecule has 0 aliphatic carbocycles. The van der Waals surface area contributed by atoms with Crippen LogP contribution in [0.25, 0.3) is 10.9 Å². The van der Waals surface area contributed by atoms with E-state index in [2.05, 4.69) is 11.1 Å². The number of rotatable bonds is 2. The molecule has 5 nitrogen and oxygen atoms in total. The molecule has 95 valence electrons. The number of aromatic nitrogens is 1. The van der Waals surface area contributed by atoms with Crippen LogP contribution in [-0.2, 0) is 10.0 Å². The zero-order chi connectivity index (χ0) is 13.5. The molecule has 0 saturated carbocycles. The van der Waals surface area contributed by atoms with Crippen LogP contribution in [0.2, 0.25) is 5.02 Å². The lowest BCUT2D eigenvalue weighted by Gasteiger charge is -2.13. The van der Waals surface area contributed by atoms with E-state index in [0.717, 1.165) is 4.31 Å². The molecule has 0 unspecified atom stereocenters. The van der Waals surface area contributed by atoms with Crippen LogP contribution in [0.1, 0.15) is 0 Å². The summed E-state index contributed by atoms with van der Waals surface area (Å²) >= 11 is 5.95. The lowest BCUT2D eigenvalue weighted by atomic mass is 10.2. The molecule has 0 spiro atoms. The predicted molar refractivity (Wildman–Crippen MR) is 69.3 cm³/mol. The van der Waals surface area contributed by atoms with Crippen LogP contribution < -0.4 is 5.56 Å². The average Bonchev–Trinajstić information content (AvgIpc) is 2.27. The molecule has 0 atom stereocenters. The molecule has 0 fully saturated rings. The Hall–Kier alpha value is -1.37. The molecule has 1 heterocycles. The Morgan fingerprint density at radius 3 is 2.61 bits per heavy atom. The van der Waals surface area contributed by atoms with Crippen molar-refractivity contribution in [2.75, 3.05) is 14.1 Å². The van der Waals surface area contributed by atoms with Crippen LogP contribution in [0.15, 0.2) is 27.9 Å². The van der Waals surface area contributed by atoms with Gasteiger partial charge in [-0.25, -0.2) is 12.7 Å². The average molecular weight is 286 g/mol. The van der Waals surface area contributed by atoms with E-state index in [-0.39, 0.29) is 15.5 Å². The van der Waals surface area contributed by atoms with Crippen molar-refractivity contribution < 1.29 is 8.42 Å². The third kappa shape index (κ3) is 2.14. The van der Waals surface area contributed by atoms with Gasteiger partial charge < -0.3 is 4.98 Å². The molecule has 1 radical (unpaired) electrons. The smallest absolute Gasteiger partial charge is 0.256 e. The largest absolute Gasteiger partial charge is 0.321 e. The fourth-order valence-electron chi connectivity index (χ4n) is 1.49. The Morgan fingerprint density at radius 2 is 2.00 bits per heavy atom. The summed E-state index contributed by atoms with van der Waals surface area (Å²) in [7, 11) is -0.763. The molecule has 0 saturated heterocycles. The van der Waals surface area contributed by atoms with Crippen LogP contribution in [0.5, 0.6) is 0 Å². The number of nitrogens with zero attached hydrogens (tertiary/aromatic N) is 1. The van der Waals surface area contributed by atoms with Gasteiger partial charge in [0, 0.05) is 25.0 Å². The van der Waals surface area contributed by atoms with Crippen LogP contribution in [0.3, 0.4) is 0 Å². The van der Waals surface area contributed by atoms with Crippen LogP contribution in [-0.4, -0.2) is 31.8 Å². The molecule has 1 N–H and O–H groups in total. The standard InChI is InChI=1S/C11H10ClN2O3S/c1-14(2)18(16,17)10-5-7-3-4-11(15)13-9(7)6-8(10)12/h3,5-6H,1-2H3,(H,13,15). The van der Waals surface area contributed by atoms with E-state index in [1.807, 2.05) is 0 Å². The van der Waals surface area contributed by atoms with Gasteiger partial charge in [0.15, 0.2) is 0 Å². The van der Waals surface area contributed by atoms with Crippen molar-refractivity contribution >= 4 is 32.5 Å². The third-order valence-corrected chi connectivity index (χ3v) is 4.75. The molecular weight excluding hydrogens is 276 g/mol. The number of hydrogen-bond acceptors (Lipinski definition) is 3. The topological polar surface area (TPSA) is 70.2 Å². The fourth-order valence-corrected chi connectivity index (χ4v) is 2.92. The molecule has 7 heteroatoms. The van der Waals surface area contributed by atoms with Crippen molar-refractivity contribution in [2.24, 2.45) is 0 Å². The zero-order valence-electron chi connectivity index (χ0n) is 9.69. The molecule has 18 heavy (non-hydrogen) atoms. The van der Waals surface area contributed by atoms with Crippen molar-refractivity contribution in [2.45, 2.75) is 4.90 Å². The molecule has 0 aliphatic heterocycles. The first-order valence-corrected chi connectivity index (χ1v) is 6.81. The first-order chi connectivity index (χ1) is 8.32. The molecule has 0 amide bonds. The minimum atomic E-state index is -3.61. The maximum atomic E-state index is 12.0. The van der Waals surface area contributed by atoms with Crippen molar-refractivity contribution in [1.82, 2.24) is 9.29 Å². The highest BCUT2D eigenvalue weighted by Gasteiger charge is 2.21. The van der Waals surface area contributed by atoms with E-state index in [1.165, 1.54) is 32.3 Å². The minimum Gasteiger partial charge on any atom is -0.321 e. The minimum absolute atomic E-state index is 0.00196. The molecule has 2 aromatic rings. The highest BCUT2D eigenvalue weighted by atomic mass is 35.5. The third-order valence-electron chi connectivity index (χ3n) is 2.47. The monoisotopic (exact) mass is 285 g/mol. The molecule has 2 rings (SSSR count). The second kappa shape index (κ2) is 4.38. The summed E-state index contributed by atoms with van der Waals surface area (Å²) in [6.07, 6.45) is 0. The normalized spacial score (nSPS) is 12.2. The summed E-state index contributed by atoms with van der Waals surface area (Å²) in [4.78, 5) is 13.6. The van der Waals surface area contributed by atoms with E-state index in [4.69, 9.17) is 11.6 Å². The summed E-state index contributed by atoms with van der Waals surface area (Å²) in [5, 5.41) is 0.623. The number of benzene rings is 1. The van der Waals surface area contributed by atoms with Gasteiger partial charge in [-0.2, -0.15) is 0 Å². The number of pyridine rings is 1. The number of sulfonamides is 1. The van der Waals surface area contributed by atoms with Gasteiger partial charge in [-0.05, 0) is 18.2 Å². The summed E-state index contributed by atoms with van der Waals surface area (Å²) < 4.78 is 25.1. The van der Waals surface area contributed by atoms with Gasteiger partial charge in [-0.3, -0.25) is 4.79 Å². The molecular formula is C11H10ClN2O3S. The van der Waals surface area contributed by atoms with Crippen molar-refractivity contribution in [3.63, 3.8) is 0 Å². The Kier molecular flexibility index (Phi) is 3.18. The van der Waals surface area contributed by atoms with E-state index < -0.39 is 10.0 Å². The second-order valence-electron chi connectivity index (χ2n) is 3.90. The number of H-pyrrole nitrogens is 1. The van der Waals surface area contributed by atoms with Crippen LogP contribution in [0, 0.1) is 6.07 Å². The Morgan fingerprint density at radius 1 is 1.33 bits per heavy atom. The highest BCUT2D eigenvalue weighted by Crippen LogP contribution is 2.27. The molecule has 1 aromatic heterocycles. The maximum absolute atomic E-state index is 12.0. The van der Waals surface area contributed by atoms with E-state index >= 15 is 0 Å². The first kappa shape index (κ1) is 13.1. The van der Waals surface area contributed by atoms with Gasteiger partial charge in [0.05, 0.1) is 11.1 Å². The number of hydrogen-bond donors (Lipinski definition) is 1. The lowest BCUT2D eigenvalue weighted by molar-refractivity contribution is 0.521. The fraction of sp³-hybridized carbons (Fsp3) is 0.182. The summed E-state index contributed by atoms with van der Waals surface area (Å²) in [5.41, 5.74) is 0.0863.